The van der Waals surface area contributed by atoms with Gasteiger partial charge in [-0.2, -0.15) is 16.5 Å². The Bertz CT molecular complexity index is 1070. The molecule has 0 spiro atoms. The van der Waals surface area contributed by atoms with Gasteiger partial charge in [-0.15, -0.1) is 0 Å². The Morgan fingerprint density at radius 2 is 1.69 bits per heavy atom. The molecule has 0 fully saturated rings. The third-order valence-corrected chi connectivity index (χ3v) is 6.87. The van der Waals surface area contributed by atoms with Crippen molar-refractivity contribution >= 4 is 38.5 Å². The summed E-state index contributed by atoms with van der Waals surface area (Å²) in [7, 11) is -3.87. The Hall–Kier alpha value is -2.35. The average molecular weight is 430 g/mol. The second-order valence-corrected chi connectivity index (χ2v) is 9.18. The van der Waals surface area contributed by atoms with Crippen LogP contribution in [0.3, 0.4) is 0 Å². The summed E-state index contributed by atoms with van der Waals surface area (Å²) >= 11 is 1.48. The maximum atomic E-state index is 12.9. The first-order chi connectivity index (χ1) is 14.0. The number of ether oxygens (including phenoxy) is 1. The molecule has 3 aromatic carbocycles. The van der Waals surface area contributed by atoms with Crippen LogP contribution in [0.5, 0.6) is 0 Å². The first-order valence-electron chi connectivity index (χ1n) is 9.29. The van der Waals surface area contributed by atoms with Crippen LogP contribution in [0.4, 0.5) is 0 Å². The van der Waals surface area contributed by atoms with Crippen LogP contribution < -0.4 is 4.72 Å². The highest BCUT2D eigenvalue weighted by Gasteiger charge is 2.27. The molecule has 0 radical (unpaired) electrons. The van der Waals surface area contributed by atoms with Gasteiger partial charge >= 0.3 is 5.97 Å². The van der Waals surface area contributed by atoms with Gasteiger partial charge in [0.05, 0.1) is 11.5 Å². The van der Waals surface area contributed by atoms with Crippen molar-refractivity contribution in [2.45, 2.75) is 23.6 Å². The molecule has 1 N–H and O–H groups in total. The smallest absolute Gasteiger partial charge is 0.325 e. The quantitative estimate of drug-likeness (QED) is 0.521. The van der Waals surface area contributed by atoms with Gasteiger partial charge in [0.2, 0.25) is 10.0 Å². The van der Waals surface area contributed by atoms with E-state index in [1.807, 2.05) is 54.6 Å². The van der Waals surface area contributed by atoms with E-state index in [0.29, 0.717) is 5.75 Å². The Kier molecular flexibility index (Phi) is 7.30. The molecular formula is C22H23NO4S2. The number of benzene rings is 3. The van der Waals surface area contributed by atoms with Crippen molar-refractivity contribution in [2.24, 2.45) is 0 Å². The van der Waals surface area contributed by atoms with E-state index in [9.17, 15) is 13.2 Å². The number of thioether (sulfide) groups is 1. The number of hydrogen-bond donors (Lipinski definition) is 1. The summed E-state index contributed by atoms with van der Waals surface area (Å²) in [5.74, 6) is 0.382. The van der Waals surface area contributed by atoms with Gasteiger partial charge in [0.25, 0.3) is 0 Å². The predicted octanol–water partition coefficient (Wildman–Crippen LogP) is 3.98. The van der Waals surface area contributed by atoms with Crippen LogP contribution in [0.25, 0.3) is 10.8 Å². The zero-order chi connectivity index (χ0) is 20.7. The van der Waals surface area contributed by atoms with Gasteiger partial charge in [0.1, 0.15) is 6.04 Å². The molecule has 3 aromatic rings. The van der Waals surface area contributed by atoms with Crippen molar-refractivity contribution in [1.82, 2.24) is 4.72 Å². The molecule has 0 bridgehead atoms. The molecular weight excluding hydrogens is 406 g/mol. The lowest BCUT2D eigenvalue weighted by Gasteiger charge is -2.17. The van der Waals surface area contributed by atoms with Crippen LogP contribution in [0.1, 0.15) is 12.5 Å². The number of hydrogen-bond acceptors (Lipinski definition) is 5. The summed E-state index contributed by atoms with van der Waals surface area (Å²) in [5.41, 5.74) is 1.11. The molecule has 29 heavy (non-hydrogen) atoms. The van der Waals surface area contributed by atoms with Crippen LogP contribution >= 0.6 is 11.8 Å². The topological polar surface area (TPSA) is 72.5 Å². The van der Waals surface area contributed by atoms with Crippen LogP contribution in [-0.4, -0.2) is 32.8 Å². The Morgan fingerprint density at radius 1 is 1.00 bits per heavy atom. The largest absolute Gasteiger partial charge is 0.465 e. The fraction of sp³-hybridized carbons (Fsp3) is 0.227. The van der Waals surface area contributed by atoms with Gasteiger partial charge in [-0.1, -0.05) is 60.7 Å². The summed E-state index contributed by atoms with van der Waals surface area (Å²) in [4.78, 5) is 12.5. The van der Waals surface area contributed by atoms with E-state index < -0.39 is 22.0 Å². The van der Waals surface area contributed by atoms with Crippen LogP contribution in [-0.2, 0) is 25.3 Å². The van der Waals surface area contributed by atoms with Crippen molar-refractivity contribution in [2.75, 3.05) is 12.4 Å². The third-order valence-electron chi connectivity index (χ3n) is 4.30. The monoisotopic (exact) mass is 429 g/mol. The lowest BCUT2D eigenvalue weighted by Crippen LogP contribution is -2.43. The lowest BCUT2D eigenvalue weighted by atomic mass is 10.1. The molecule has 0 aromatic heterocycles. The molecule has 0 amide bonds. The van der Waals surface area contributed by atoms with Gasteiger partial charge in [-0.05, 0) is 35.4 Å². The van der Waals surface area contributed by atoms with E-state index in [1.54, 1.807) is 25.1 Å². The Labute approximate surface area is 175 Å². The van der Waals surface area contributed by atoms with E-state index >= 15 is 0 Å². The van der Waals surface area contributed by atoms with Gasteiger partial charge in [-0.3, -0.25) is 4.79 Å². The van der Waals surface area contributed by atoms with E-state index in [-0.39, 0.29) is 17.3 Å². The number of carbonyl (C=O) groups is 1. The van der Waals surface area contributed by atoms with Gasteiger partial charge in [0, 0.05) is 11.5 Å². The first kappa shape index (κ1) is 21.4. The molecule has 0 aliphatic rings. The molecule has 0 aliphatic carbocycles. The highest BCUT2D eigenvalue weighted by Crippen LogP contribution is 2.20. The van der Waals surface area contributed by atoms with E-state index in [1.165, 1.54) is 11.8 Å². The average Bonchev–Trinajstić information content (AvgIpc) is 2.73. The molecule has 0 heterocycles. The summed E-state index contributed by atoms with van der Waals surface area (Å²) in [5, 5.41) is 1.77. The van der Waals surface area contributed by atoms with Crippen molar-refractivity contribution in [3.05, 3.63) is 78.4 Å². The standard InChI is InChI=1S/C22H23NO4S2/c1-2-27-22(24)21(16-28-15-17-8-4-3-5-9-17)23-29(25,26)20-13-12-18-10-6-7-11-19(18)14-20/h3-14,21,23H,2,15-16H2,1H3. The van der Waals surface area contributed by atoms with E-state index in [4.69, 9.17) is 4.74 Å². The number of fused-ring (bicyclic) bond motifs is 1. The first-order valence-corrected chi connectivity index (χ1v) is 11.9. The van der Waals surface area contributed by atoms with Crippen molar-refractivity contribution in [3.63, 3.8) is 0 Å². The summed E-state index contributed by atoms with van der Waals surface area (Å²) in [6.07, 6.45) is 0. The fourth-order valence-electron chi connectivity index (χ4n) is 2.85. The normalized spacial score (nSPS) is 12.6. The van der Waals surface area contributed by atoms with Crippen LogP contribution in [0.15, 0.2) is 77.7 Å². The molecule has 3 rings (SSSR count). The third kappa shape index (κ3) is 5.82. The molecule has 152 valence electrons. The molecule has 0 aliphatic heterocycles. The van der Waals surface area contributed by atoms with Gasteiger partial charge in [0.15, 0.2) is 0 Å². The van der Waals surface area contributed by atoms with E-state index in [2.05, 4.69) is 4.72 Å². The minimum Gasteiger partial charge on any atom is -0.465 e. The van der Waals surface area contributed by atoms with Crippen molar-refractivity contribution in [1.29, 1.82) is 0 Å². The zero-order valence-electron chi connectivity index (χ0n) is 16.1. The molecule has 1 atom stereocenters. The van der Waals surface area contributed by atoms with Crippen molar-refractivity contribution in [3.8, 4) is 0 Å². The number of rotatable bonds is 9. The van der Waals surface area contributed by atoms with Crippen LogP contribution in [0, 0.1) is 0 Å². The second kappa shape index (κ2) is 9.91. The Morgan fingerprint density at radius 3 is 2.41 bits per heavy atom. The number of nitrogens with one attached hydrogen (secondary N) is 1. The molecule has 0 saturated heterocycles. The van der Waals surface area contributed by atoms with Gasteiger partial charge < -0.3 is 4.74 Å². The SMILES string of the molecule is CCOC(=O)C(CSCc1ccccc1)NS(=O)(=O)c1ccc2ccccc2c1. The second-order valence-electron chi connectivity index (χ2n) is 6.44. The van der Waals surface area contributed by atoms with E-state index in [0.717, 1.165) is 16.3 Å². The fourth-order valence-corrected chi connectivity index (χ4v) is 5.18. The summed E-state index contributed by atoms with van der Waals surface area (Å²) in [6.45, 7) is 1.89. The molecule has 1 unspecified atom stereocenters. The Balaban J connectivity index is 1.74. The lowest BCUT2D eigenvalue weighted by molar-refractivity contribution is -0.144. The maximum absolute atomic E-state index is 12.9. The molecule has 0 saturated carbocycles. The summed E-state index contributed by atoms with van der Waals surface area (Å²) < 4.78 is 33.4. The minimum atomic E-state index is -3.87. The van der Waals surface area contributed by atoms with Gasteiger partial charge in [-0.25, -0.2) is 8.42 Å². The highest BCUT2D eigenvalue weighted by atomic mass is 32.2. The number of carbonyl (C=O) groups excluding carboxylic acids is 1. The number of esters is 1. The maximum Gasteiger partial charge on any atom is 0.325 e. The summed E-state index contributed by atoms with van der Waals surface area (Å²) in [6, 6.07) is 21.3. The predicted molar refractivity (Wildman–Crippen MR) is 117 cm³/mol. The molecule has 5 nitrogen and oxygen atoms in total. The van der Waals surface area contributed by atoms with Crippen molar-refractivity contribution < 1.29 is 17.9 Å². The van der Waals surface area contributed by atoms with Crippen LogP contribution in [0.2, 0.25) is 0 Å². The highest BCUT2D eigenvalue weighted by molar-refractivity contribution is 7.98. The molecule has 7 heteroatoms. The minimum absolute atomic E-state index is 0.124. The zero-order valence-corrected chi connectivity index (χ0v) is 17.7. The number of sulfonamides is 1.